The third-order valence-corrected chi connectivity index (χ3v) is 4.25. The first kappa shape index (κ1) is 15.7. The van der Waals surface area contributed by atoms with Crippen molar-refractivity contribution in [1.82, 2.24) is 24.7 Å². The maximum atomic E-state index is 12.2. The molecule has 7 heteroatoms. The van der Waals surface area contributed by atoms with Crippen molar-refractivity contribution in [3.63, 3.8) is 0 Å². The second-order valence-corrected chi connectivity index (χ2v) is 6.25. The highest BCUT2D eigenvalue weighted by molar-refractivity contribution is 6.31. The lowest BCUT2D eigenvalue weighted by Crippen LogP contribution is -2.25. The van der Waals surface area contributed by atoms with E-state index in [9.17, 15) is 4.79 Å². The lowest BCUT2D eigenvalue weighted by molar-refractivity contribution is 0.0952. The Balaban J connectivity index is 1.32. The Morgan fingerprint density at radius 1 is 1.28 bits per heavy atom. The van der Waals surface area contributed by atoms with E-state index in [0.29, 0.717) is 17.1 Å². The van der Waals surface area contributed by atoms with E-state index in [1.807, 2.05) is 34.9 Å². The van der Waals surface area contributed by atoms with Gasteiger partial charge in [-0.05, 0) is 36.8 Å². The van der Waals surface area contributed by atoms with Crippen LogP contribution in [0.1, 0.15) is 22.6 Å². The minimum absolute atomic E-state index is 0.0908. The van der Waals surface area contributed by atoms with Gasteiger partial charge in [-0.3, -0.25) is 4.79 Å². The number of imidazole rings is 2. The normalized spacial score (nSPS) is 11.2. The van der Waals surface area contributed by atoms with Crippen molar-refractivity contribution in [3.05, 3.63) is 65.3 Å². The SMILES string of the molecule is O=C(NCCCc1nc2ccc(Cl)cc2[nH]1)c1ccc2nccn2c1. The number of aryl methyl sites for hydroxylation is 1. The molecule has 0 saturated carbocycles. The maximum absolute atomic E-state index is 12.2. The Hall–Kier alpha value is -2.86. The third kappa shape index (κ3) is 3.34. The number of hydrogen-bond acceptors (Lipinski definition) is 3. The standard InChI is InChI=1S/C18H16ClN5O/c19-13-4-5-14-15(10-13)23-16(22-14)2-1-7-21-18(25)12-3-6-17-20-8-9-24(17)11-12/h3-6,8-11H,1-2,7H2,(H,21,25)(H,22,23). The van der Waals surface area contributed by atoms with Crippen LogP contribution in [0.5, 0.6) is 0 Å². The molecule has 0 atom stereocenters. The van der Waals surface area contributed by atoms with E-state index >= 15 is 0 Å². The van der Waals surface area contributed by atoms with Crippen LogP contribution in [0, 0.1) is 0 Å². The van der Waals surface area contributed by atoms with E-state index in [1.165, 1.54) is 0 Å². The molecule has 0 aliphatic carbocycles. The minimum atomic E-state index is -0.0908. The lowest BCUT2D eigenvalue weighted by Gasteiger charge is -2.05. The molecule has 0 saturated heterocycles. The summed E-state index contributed by atoms with van der Waals surface area (Å²) in [5.74, 6) is 0.804. The smallest absolute Gasteiger partial charge is 0.252 e. The molecule has 1 aromatic carbocycles. The molecule has 0 fully saturated rings. The van der Waals surface area contributed by atoms with E-state index in [-0.39, 0.29) is 5.91 Å². The highest BCUT2D eigenvalue weighted by Gasteiger charge is 2.07. The Kier molecular flexibility index (Phi) is 4.11. The van der Waals surface area contributed by atoms with Crippen LogP contribution in [0.3, 0.4) is 0 Å². The van der Waals surface area contributed by atoms with Crippen LogP contribution < -0.4 is 5.32 Å². The molecule has 0 unspecified atom stereocenters. The summed E-state index contributed by atoms with van der Waals surface area (Å²) in [5, 5.41) is 3.62. The van der Waals surface area contributed by atoms with Crippen molar-refractivity contribution in [2.24, 2.45) is 0 Å². The Morgan fingerprint density at radius 3 is 3.12 bits per heavy atom. The highest BCUT2D eigenvalue weighted by Crippen LogP contribution is 2.17. The summed E-state index contributed by atoms with van der Waals surface area (Å²) in [6.45, 7) is 0.582. The molecule has 6 nitrogen and oxygen atoms in total. The van der Waals surface area contributed by atoms with Gasteiger partial charge in [0.1, 0.15) is 11.5 Å². The monoisotopic (exact) mass is 353 g/mol. The van der Waals surface area contributed by atoms with Crippen molar-refractivity contribution in [2.75, 3.05) is 6.54 Å². The van der Waals surface area contributed by atoms with Crippen LogP contribution in [0.25, 0.3) is 16.7 Å². The van der Waals surface area contributed by atoms with Gasteiger partial charge in [0.15, 0.2) is 0 Å². The van der Waals surface area contributed by atoms with Gasteiger partial charge < -0.3 is 14.7 Å². The number of benzene rings is 1. The number of amides is 1. The number of hydrogen-bond donors (Lipinski definition) is 2. The van der Waals surface area contributed by atoms with Crippen molar-refractivity contribution in [1.29, 1.82) is 0 Å². The molecule has 0 radical (unpaired) electrons. The number of nitrogens with one attached hydrogen (secondary N) is 2. The number of carbonyl (C=O) groups is 1. The van der Waals surface area contributed by atoms with Crippen molar-refractivity contribution >= 4 is 34.2 Å². The first-order valence-corrected chi connectivity index (χ1v) is 8.42. The topological polar surface area (TPSA) is 75.1 Å². The molecular formula is C18H16ClN5O. The largest absolute Gasteiger partial charge is 0.352 e. The molecule has 1 amide bonds. The number of rotatable bonds is 5. The molecule has 25 heavy (non-hydrogen) atoms. The van der Waals surface area contributed by atoms with Crippen LogP contribution in [0.2, 0.25) is 5.02 Å². The van der Waals surface area contributed by atoms with E-state index in [1.54, 1.807) is 18.5 Å². The quantitative estimate of drug-likeness (QED) is 0.541. The van der Waals surface area contributed by atoms with Crippen LogP contribution in [0.15, 0.2) is 48.9 Å². The van der Waals surface area contributed by atoms with Gasteiger partial charge in [0.05, 0.1) is 16.6 Å². The average molecular weight is 354 g/mol. The van der Waals surface area contributed by atoms with E-state index in [2.05, 4.69) is 20.3 Å². The van der Waals surface area contributed by atoms with Gasteiger partial charge in [0.2, 0.25) is 0 Å². The Bertz CT molecular complexity index is 1050. The zero-order valence-corrected chi connectivity index (χ0v) is 14.1. The predicted molar refractivity (Wildman–Crippen MR) is 96.9 cm³/mol. The Labute approximate surface area is 148 Å². The zero-order chi connectivity index (χ0) is 17.2. The van der Waals surface area contributed by atoms with E-state index < -0.39 is 0 Å². The summed E-state index contributed by atoms with van der Waals surface area (Å²) >= 11 is 5.98. The maximum Gasteiger partial charge on any atom is 0.252 e. The second kappa shape index (κ2) is 6.57. The van der Waals surface area contributed by atoms with Crippen LogP contribution >= 0.6 is 11.6 Å². The Morgan fingerprint density at radius 2 is 2.20 bits per heavy atom. The molecule has 4 aromatic rings. The molecule has 0 aliphatic heterocycles. The fraction of sp³-hybridized carbons (Fsp3) is 0.167. The van der Waals surface area contributed by atoms with E-state index in [4.69, 9.17) is 11.6 Å². The van der Waals surface area contributed by atoms with Crippen LogP contribution in [0.4, 0.5) is 0 Å². The number of pyridine rings is 1. The molecule has 4 rings (SSSR count). The number of halogens is 1. The minimum Gasteiger partial charge on any atom is -0.352 e. The summed E-state index contributed by atoms with van der Waals surface area (Å²) in [6.07, 6.45) is 6.86. The number of fused-ring (bicyclic) bond motifs is 2. The van der Waals surface area contributed by atoms with Gasteiger partial charge in [0.25, 0.3) is 5.91 Å². The zero-order valence-electron chi connectivity index (χ0n) is 13.4. The van der Waals surface area contributed by atoms with Gasteiger partial charge >= 0.3 is 0 Å². The molecule has 0 aliphatic rings. The predicted octanol–water partition coefficient (Wildman–Crippen LogP) is 3.23. The first-order chi connectivity index (χ1) is 12.2. The summed E-state index contributed by atoms with van der Waals surface area (Å²) in [5.41, 5.74) is 3.27. The molecule has 0 spiro atoms. The third-order valence-electron chi connectivity index (χ3n) is 4.02. The summed E-state index contributed by atoms with van der Waals surface area (Å²) < 4.78 is 1.83. The number of aromatic nitrogens is 4. The van der Waals surface area contributed by atoms with Crippen LogP contribution in [-0.4, -0.2) is 31.8 Å². The fourth-order valence-electron chi connectivity index (χ4n) is 2.77. The second-order valence-electron chi connectivity index (χ2n) is 5.81. The lowest BCUT2D eigenvalue weighted by atomic mass is 10.2. The molecule has 2 N–H and O–H groups in total. The molecule has 0 bridgehead atoms. The van der Waals surface area contributed by atoms with Crippen molar-refractivity contribution in [3.8, 4) is 0 Å². The van der Waals surface area contributed by atoms with Gasteiger partial charge in [0, 0.05) is 36.6 Å². The fourth-order valence-corrected chi connectivity index (χ4v) is 2.94. The molecular weight excluding hydrogens is 338 g/mol. The van der Waals surface area contributed by atoms with Gasteiger partial charge in [-0.2, -0.15) is 0 Å². The van der Waals surface area contributed by atoms with Crippen molar-refractivity contribution in [2.45, 2.75) is 12.8 Å². The number of carbonyl (C=O) groups excluding carboxylic acids is 1. The molecule has 3 aromatic heterocycles. The highest BCUT2D eigenvalue weighted by atomic mass is 35.5. The van der Waals surface area contributed by atoms with E-state index in [0.717, 1.165) is 35.3 Å². The number of nitrogens with zero attached hydrogens (tertiary/aromatic N) is 3. The average Bonchev–Trinajstić information content (AvgIpc) is 3.23. The number of H-pyrrole nitrogens is 1. The first-order valence-electron chi connectivity index (χ1n) is 8.04. The molecule has 3 heterocycles. The van der Waals surface area contributed by atoms with Gasteiger partial charge in [-0.15, -0.1) is 0 Å². The summed E-state index contributed by atoms with van der Waals surface area (Å²) in [7, 11) is 0. The summed E-state index contributed by atoms with van der Waals surface area (Å²) in [6, 6.07) is 9.19. The van der Waals surface area contributed by atoms with Gasteiger partial charge in [-0.25, -0.2) is 9.97 Å². The van der Waals surface area contributed by atoms with Gasteiger partial charge in [-0.1, -0.05) is 11.6 Å². The van der Waals surface area contributed by atoms with Crippen molar-refractivity contribution < 1.29 is 4.79 Å². The molecule has 126 valence electrons. The van der Waals surface area contributed by atoms with Crippen LogP contribution in [-0.2, 0) is 6.42 Å². The summed E-state index contributed by atoms with van der Waals surface area (Å²) in [4.78, 5) is 24.2. The number of aromatic amines is 1.